The number of hydrogen-bond donors (Lipinski definition) is 1. The van der Waals surface area contributed by atoms with Gasteiger partial charge in [-0.3, -0.25) is 10.1 Å². The third-order valence-corrected chi connectivity index (χ3v) is 2.51. The number of hydrogen-bond acceptors (Lipinski definition) is 3. The van der Waals surface area contributed by atoms with Crippen LogP contribution in [0.15, 0.2) is 0 Å². The minimum absolute atomic E-state index is 0.0660. The van der Waals surface area contributed by atoms with E-state index in [1.807, 2.05) is 27.7 Å². The first-order valence-electron chi connectivity index (χ1n) is 6.78. The molecule has 3 heteroatoms. The first-order valence-corrected chi connectivity index (χ1v) is 6.78. The summed E-state index contributed by atoms with van der Waals surface area (Å²) in [4.78, 5) is 11.9. The first kappa shape index (κ1) is 16.4. The van der Waals surface area contributed by atoms with Crippen LogP contribution >= 0.6 is 0 Å². The summed E-state index contributed by atoms with van der Waals surface area (Å²) in [5.41, 5.74) is -0.0660. The largest absolute Gasteiger partial charge is 0.461 e. The number of carbonyl (C=O) groups is 1. The van der Waals surface area contributed by atoms with Crippen LogP contribution in [-0.4, -0.2) is 23.7 Å². The van der Waals surface area contributed by atoms with E-state index in [0.29, 0.717) is 0 Å². The van der Waals surface area contributed by atoms with Crippen molar-refractivity contribution < 1.29 is 9.53 Å². The third kappa shape index (κ3) is 8.19. The van der Waals surface area contributed by atoms with Crippen molar-refractivity contribution in [3.8, 4) is 0 Å². The van der Waals surface area contributed by atoms with Gasteiger partial charge in [-0.25, -0.2) is 0 Å². The highest BCUT2D eigenvalue weighted by Gasteiger charge is 2.22. The van der Waals surface area contributed by atoms with Crippen LogP contribution in [0.3, 0.4) is 0 Å². The summed E-state index contributed by atoms with van der Waals surface area (Å²) in [6, 6.07) is -0.244. The summed E-state index contributed by atoms with van der Waals surface area (Å²) in [6.07, 6.45) is 4.11. The standard InChI is InChI=1S/C14H29NO2/c1-7-9-12(10-8-2)17-13(16)11(3)15-14(4,5)6/h11-12,15H,7-10H2,1-6H3/t11-/m0/s1. The summed E-state index contributed by atoms with van der Waals surface area (Å²) in [6.45, 7) is 12.2. The van der Waals surface area contributed by atoms with E-state index in [1.54, 1.807) is 0 Å². The quantitative estimate of drug-likeness (QED) is 0.697. The molecule has 0 aromatic rings. The van der Waals surface area contributed by atoms with Gasteiger partial charge in [0.2, 0.25) is 0 Å². The van der Waals surface area contributed by atoms with Gasteiger partial charge in [-0.1, -0.05) is 26.7 Å². The van der Waals surface area contributed by atoms with Crippen LogP contribution in [0.5, 0.6) is 0 Å². The fourth-order valence-electron chi connectivity index (χ4n) is 1.88. The van der Waals surface area contributed by atoms with Crippen LogP contribution in [0.4, 0.5) is 0 Å². The molecule has 0 aliphatic rings. The lowest BCUT2D eigenvalue weighted by Crippen LogP contribution is -2.47. The van der Waals surface area contributed by atoms with Crippen molar-refractivity contribution in [2.24, 2.45) is 0 Å². The van der Waals surface area contributed by atoms with Crippen molar-refractivity contribution in [1.29, 1.82) is 0 Å². The van der Waals surface area contributed by atoms with Crippen molar-refractivity contribution in [3.63, 3.8) is 0 Å². The number of rotatable bonds is 7. The molecular formula is C14H29NO2. The Kier molecular flexibility index (Phi) is 7.44. The monoisotopic (exact) mass is 243 g/mol. The van der Waals surface area contributed by atoms with E-state index in [4.69, 9.17) is 4.74 Å². The molecule has 0 aliphatic heterocycles. The predicted octanol–water partition coefficient (Wildman–Crippen LogP) is 3.28. The van der Waals surface area contributed by atoms with E-state index in [-0.39, 0.29) is 23.7 Å². The lowest BCUT2D eigenvalue weighted by atomic mass is 10.1. The van der Waals surface area contributed by atoms with Crippen molar-refractivity contribution in [2.45, 2.75) is 84.9 Å². The van der Waals surface area contributed by atoms with E-state index in [0.717, 1.165) is 25.7 Å². The van der Waals surface area contributed by atoms with Crippen molar-refractivity contribution in [2.75, 3.05) is 0 Å². The molecule has 3 nitrogen and oxygen atoms in total. The molecule has 0 unspecified atom stereocenters. The predicted molar refractivity (Wildman–Crippen MR) is 72.0 cm³/mol. The zero-order chi connectivity index (χ0) is 13.5. The molecule has 0 amide bonds. The Balaban J connectivity index is 4.20. The molecule has 0 aliphatic carbocycles. The smallest absolute Gasteiger partial charge is 0.323 e. The van der Waals surface area contributed by atoms with Crippen LogP contribution in [0.25, 0.3) is 0 Å². The van der Waals surface area contributed by atoms with Gasteiger partial charge in [0.05, 0.1) is 0 Å². The molecule has 0 radical (unpaired) electrons. The maximum Gasteiger partial charge on any atom is 0.323 e. The average molecular weight is 243 g/mol. The molecule has 1 atom stereocenters. The van der Waals surface area contributed by atoms with Gasteiger partial charge in [-0.05, 0) is 40.5 Å². The van der Waals surface area contributed by atoms with E-state index >= 15 is 0 Å². The molecule has 1 N–H and O–H groups in total. The summed E-state index contributed by atoms with van der Waals surface area (Å²) < 4.78 is 5.54. The maximum atomic E-state index is 11.9. The summed E-state index contributed by atoms with van der Waals surface area (Å²) >= 11 is 0. The Morgan fingerprint density at radius 1 is 1.18 bits per heavy atom. The Morgan fingerprint density at radius 3 is 2.00 bits per heavy atom. The van der Waals surface area contributed by atoms with Gasteiger partial charge in [0.1, 0.15) is 12.1 Å². The van der Waals surface area contributed by atoms with Gasteiger partial charge in [0.15, 0.2) is 0 Å². The van der Waals surface area contributed by atoms with Gasteiger partial charge < -0.3 is 4.74 Å². The van der Waals surface area contributed by atoms with E-state index in [2.05, 4.69) is 19.2 Å². The number of esters is 1. The fourth-order valence-corrected chi connectivity index (χ4v) is 1.88. The molecule has 17 heavy (non-hydrogen) atoms. The number of nitrogens with one attached hydrogen (secondary N) is 1. The van der Waals surface area contributed by atoms with Gasteiger partial charge in [0.25, 0.3) is 0 Å². The Hall–Kier alpha value is -0.570. The molecule has 0 saturated carbocycles. The zero-order valence-electron chi connectivity index (χ0n) is 12.3. The van der Waals surface area contributed by atoms with Crippen LogP contribution < -0.4 is 5.32 Å². The number of carbonyl (C=O) groups excluding carboxylic acids is 1. The van der Waals surface area contributed by atoms with Crippen LogP contribution in [-0.2, 0) is 9.53 Å². The van der Waals surface area contributed by atoms with Crippen molar-refractivity contribution in [1.82, 2.24) is 5.32 Å². The highest BCUT2D eigenvalue weighted by atomic mass is 16.5. The van der Waals surface area contributed by atoms with E-state index < -0.39 is 0 Å². The van der Waals surface area contributed by atoms with Crippen molar-refractivity contribution in [3.05, 3.63) is 0 Å². The van der Waals surface area contributed by atoms with E-state index in [9.17, 15) is 4.79 Å². The second-order valence-corrected chi connectivity index (χ2v) is 5.75. The maximum absolute atomic E-state index is 11.9. The molecule has 102 valence electrons. The van der Waals surface area contributed by atoms with Gasteiger partial charge >= 0.3 is 5.97 Å². The average Bonchev–Trinajstić information content (AvgIpc) is 2.15. The van der Waals surface area contributed by atoms with Gasteiger partial charge in [-0.2, -0.15) is 0 Å². The van der Waals surface area contributed by atoms with E-state index in [1.165, 1.54) is 0 Å². The van der Waals surface area contributed by atoms with Gasteiger partial charge in [0, 0.05) is 5.54 Å². The third-order valence-electron chi connectivity index (χ3n) is 2.51. The first-order chi connectivity index (χ1) is 7.80. The molecule has 0 saturated heterocycles. The Labute approximate surface area is 106 Å². The van der Waals surface area contributed by atoms with Crippen molar-refractivity contribution >= 4 is 5.97 Å². The summed E-state index contributed by atoms with van der Waals surface area (Å²) in [5.74, 6) is -0.133. The molecule has 0 fully saturated rings. The van der Waals surface area contributed by atoms with Crippen LogP contribution in [0, 0.1) is 0 Å². The molecule has 0 rings (SSSR count). The van der Waals surface area contributed by atoms with Crippen LogP contribution in [0.1, 0.15) is 67.2 Å². The minimum atomic E-state index is -0.244. The zero-order valence-corrected chi connectivity index (χ0v) is 12.3. The topological polar surface area (TPSA) is 38.3 Å². The second kappa shape index (κ2) is 7.70. The molecule has 0 bridgehead atoms. The van der Waals surface area contributed by atoms with Crippen LogP contribution in [0.2, 0.25) is 0 Å². The molecule has 0 aromatic heterocycles. The number of ether oxygens (including phenoxy) is 1. The Morgan fingerprint density at radius 2 is 1.65 bits per heavy atom. The normalized spacial score (nSPS) is 13.8. The second-order valence-electron chi connectivity index (χ2n) is 5.75. The minimum Gasteiger partial charge on any atom is -0.461 e. The fraction of sp³-hybridized carbons (Fsp3) is 0.929. The molecular weight excluding hydrogens is 214 g/mol. The lowest BCUT2D eigenvalue weighted by molar-refractivity contribution is -0.152. The Bertz CT molecular complexity index is 215. The molecule has 0 heterocycles. The van der Waals surface area contributed by atoms with Gasteiger partial charge in [-0.15, -0.1) is 0 Å². The highest BCUT2D eigenvalue weighted by molar-refractivity contribution is 5.75. The summed E-state index contributed by atoms with van der Waals surface area (Å²) in [7, 11) is 0. The molecule has 0 spiro atoms. The highest BCUT2D eigenvalue weighted by Crippen LogP contribution is 2.11. The summed E-state index contributed by atoms with van der Waals surface area (Å²) in [5, 5.41) is 3.23. The molecule has 0 aromatic carbocycles. The SMILES string of the molecule is CCCC(CCC)OC(=O)[C@H](C)NC(C)(C)C. The lowest BCUT2D eigenvalue weighted by Gasteiger charge is -2.26.